The number of carbonyl (C=O) groups excluding carboxylic acids is 5. The fraction of sp³-hybridized carbons (Fsp3) is 0.382. The lowest BCUT2D eigenvalue weighted by Crippen LogP contribution is -2.60. The van der Waals surface area contributed by atoms with E-state index in [-0.39, 0.29) is 59.4 Å². The van der Waals surface area contributed by atoms with Gasteiger partial charge in [0, 0.05) is 44.7 Å². The Labute approximate surface area is 277 Å². The summed E-state index contributed by atoms with van der Waals surface area (Å²) in [4.78, 5) is 62.5. The monoisotopic (exact) mass is 680 g/mol. The average molecular weight is 681 g/mol. The van der Waals surface area contributed by atoms with Crippen LogP contribution in [0.4, 0.5) is 0 Å². The molecule has 15 nitrogen and oxygen atoms in total. The molecule has 0 aromatic heterocycles. The maximum absolute atomic E-state index is 13.3. The van der Waals surface area contributed by atoms with Crippen LogP contribution >= 0.6 is 0 Å². The molecule has 15 heteroatoms. The van der Waals surface area contributed by atoms with Crippen LogP contribution in [0.15, 0.2) is 35.4 Å². The van der Waals surface area contributed by atoms with Crippen molar-refractivity contribution in [1.82, 2.24) is 0 Å². The Kier molecular flexibility index (Phi) is 8.05. The molecule has 4 atom stereocenters. The van der Waals surface area contributed by atoms with Gasteiger partial charge >= 0.3 is 17.9 Å². The summed E-state index contributed by atoms with van der Waals surface area (Å²) in [7, 11) is 0. The van der Waals surface area contributed by atoms with Gasteiger partial charge in [-0.3, -0.25) is 24.0 Å². The SMILES string of the molecule is CC(=O)OCC12Oc3c(-c4ccc5c(c4O)C(O)=C4C(=O)CCC(OC(C)=O)C4(CO)O5)ccc(O)c3C(O)=C1C(=O)CCC2OC(C)=O. The second-order valence-electron chi connectivity index (χ2n) is 12.2. The van der Waals surface area contributed by atoms with Crippen molar-refractivity contribution >= 4 is 41.0 Å². The van der Waals surface area contributed by atoms with Gasteiger partial charge in [-0.2, -0.15) is 0 Å². The number of phenolic OH excluding ortho intramolecular Hbond substituents is 2. The minimum atomic E-state index is -2.08. The van der Waals surface area contributed by atoms with E-state index in [0.717, 1.165) is 26.8 Å². The molecule has 2 aromatic carbocycles. The van der Waals surface area contributed by atoms with Crippen molar-refractivity contribution in [1.29, 1.82) is 0 Å². The van der Waals surface area contributed by atoms with Gasteiger partial charge in [-0.25, -0.2) is 0 Å². The second-order valence-corrected chi connectivity index (χ2v) is 12.2. The minimum Gasteiger partial charge on any atom is -0.507 e. The third-order valence-electron chi connectivity index (χ3n) is 9.14. The molecule has 4 unspecified atom stereocenters. The molecule has 0 radical (unpaired) electrons. The molecule has 6 rings (SSSR count). The number of rotatable bonds is 6. The molecule has 2 fully saturated rings. The number of aromatic hydroxyl groups is 2. The van der Waals surface area contributed by atoms with Crippen LogP contribution in [0.25, 0.3) is 22.6 Å². The number of carbonyl (C=O) groups is 5. The van der Waals surface area contributed by atoms with E-state index in [0.29, 0.717) is 0 Å². The van der Waals surface area contributed by atoms with Crippen LogP contribution < -0.4 is 9.47 Å². The molecular formula is C34H32O15. The highest BCUT2D eigenvalue weighted by atomic mass is 16.6. The quantitative estimate of drug-likeness (QED) is 0.218. The topological polar surface area (TPSA) is 233 Å². The van der Waals surface area contributed by atoms with Gasteiger partial charge in [-0.15, -0.1) is 0 Å². The third-order valence-corrected chi connectivity index (χ3v) is 9.14. The van der Waals surface area contributed by atoms with E-state index in [1.807, 2.05) is 0 Å². The van der Waals surface area contributed by atoms with Gasteiger partial charge in [0.1, 0.15) is 64.5 Å². The zero-order valence-electron chi connectivity index (χ0n) is 26.5. The number of hydrogen-bond acceptors (Lipinski definition) is 15. The molecule has 2 aliphatic heterocycles. The van der Waals surface area contributed by atoms with Gasteiger partial charge in [0.05, 0.1) is 17.8 Å². The highest BCUT2D eigenvalue weighted by Crippen LogP contribution is 2.56. The number of Topliss-reactive ketones (excluding diaryl/α,β-unsaturated/α-hetero) is 2. The molecule has 0 saturated heterocycles. The van der Waals surface area contributed by atoms with Gasteiger partial charge in [-0.1, -0.05) is 0 Å². The molecular weight excluding hydrogens is 648 g/mol. The summed E-state index contributed by atoms with van der Waals surface area (Å²) < 4.78 is 28.6. The molecule has 49 heavy (non-hydrogen) atoms. The van der Waals surface area contributed by atoms with Gasteiger partial charge < -0.3 is 49.2 Å². The van der Waals surface area contributed by atoms with E-state index in [4.69, 9.17) is 23.7 Å². The number of benzene rings is 2. The van der Waals surface area contributed by atoms with E-state index in [2.05, 4.69) is 0 Å². The van der Waals surface area contributed by atoms with E-state index in [9.17, 15) is 49.5 Å². The van der Waals surface area contributed by atoms with Crippen LogP contribution in [0.5, 0.6) is 23.0 Å². The number of esters is 3. The molecule has 0 bridgehead atoms. The largest absolute Gasteiger partial charge is 0.507 e. The predicted molar refractivity (Wildman–Crippen MR) is 164 cm³/mol. The van der Waals surface area contributed by atoms with E-state index < -0.39 is 100 Å². The summed E-state index contributed by atoms with van der Waals surface area (Å²) in [6.07, 6.45) is -2.83. The van der Waals surface area contributed by atoms with Crippen LogP contribution in [0.1, 0.15) is 57.6 Å². The van der Waals surface area contributed by atoms with E-state index >= 15 is 0 Å². The highest BCUT2D eigenvalue weighted by molar-refractivity contribution is 6.08. The first-order valence-corrected chi connectivity index (χ1v) is 15.3. The number of ether oxygens (including phenoxy) is 5. The Morgan fingerprint density at radius 3 is 1.88 bits per heavy atom. The average Bonchev–Trinajstić information content (AvgIpc) is 3.03. The van der Waals surface area contributed by atoms with Crippen LogP contribution in [0, 0.1) is 0 Å². The lowest BCUT2D eigenvalue weighted by atomic mass is 9.73. The third kappa shape index (κ3) is 5.03. The Morgan fingerprint density at radius 2 is 1.31 bits per heavy atom. The number of ketones is 2. The van der Waals surface area contributed by atoms with E-state index in [1.165, 1.54) is 18.2 Å². The molecule has 2 aromatic rings. The lowest BCUT2D eigenvalue weighted by molar-refractivity contribution is -0.171. The number of fused-ring (bicyclic) bond motifs is 4. The smallest absolute Gasteiger partial charge is 0.303 e. The van der Waals surface area contributed by atoms with Gasteiger partial charge in [0.2, 0.25) is 11.2 Å². The van der Waals surface area contributed by atoms with Crippen molar-refractivity contribution in [3.8, 4) is 34.1 Å². The first-order valence-electron chi connectivity index (χ1n) is 15.3. The highest BCUT2D eigenvalue weighted by Gasteiger charge is 2.59. The number of hydrogen-bond donors (Lipinski definition) is 5. The Morgan fingerprint density at radius 1 is 0.755 bits per heavy atom. The minimum absolute atomic E-state index is 0.00291. The van der Waals surface area contributed by atoms with Crippen LogP contribution in [0.3, 0.4) is 0 Å². The summed E-state index contributed by atoms with van der Waals surface area (Å²) in [6, 6.07) is 5.09. The molecule has 258 valence electrons. The zero-order chi connectivity index (χ0) is 35.6. The van der Waals surface area contributed by atoms with Crippen molar-refractivity contribution in [2.45, 2.75) is 69.9 Å². The van der Waals surface area contributed by atoms with Crippen molar-refractivity contribution in [2.24, 2.45) is 0 Å². The summed E-state index contributed by atoms with van der Waals surface area (Å²) in [5.74, 6) is -6.65. The Balaban J connectivity index is 1.56. The summed E-state index contributed by atoms with van der Waals surface area (Å²) in [5, 5.41) is 56.2. The van der Waals surface area contributed by atoms with Crippen molar-refractivity contribution in [3.63, 3.8) is 0 Å². The predicted octanol–water partition coefficient (Wildman–Crippen LogP) is 2.71. The molecule has 0 amide bonds. The molecule has 5 N–H and O–H groups in total. The molecule has 2 aliphatic carbocycles. The standard InChI is InChI=1S/C34H32O15/c1-14(36)45-13-34-24(47-16(3)38)11-8-21(41)28(34)30(43)25-19(39)6-4-18(32(25)49-34)17-5-9-22-26(29(17)42)31(44)27-20(40)7-10-23(46-15(2)37)33(27,12-35)48-22/h4-6,9,23-24,35,39,42-44H,7-8,10-13H2,1-3H3. The first kappa shape index (κ1) is 33.3. The molecule has 4 aliphatic rings. The molecule has 2 saturated carbocycles. The van der Waals surface area contributed by atoms with Crippen LogP contribution in [0.2, 0.25) is 0 Å². The number of aliphatic hydroxyl groups excluding tert-OH is 3. The van der Waals surface area contributed by atoms with E-state index in [1.54, 1.807) is 0 Å². The summed E-state index contributed by atoms with van der Waals surface area (Å²) >= 11 is 0. The van der Waals surface area contributed by atoms with Crippen molar-refractivity contribution in [2.75, 3.05) is 13.2 Å². The fourth-order valence-corrected chi connectivity index (χ4v) is 7.11. The van der Waals surface area contributed by atoms with Crippen molar-refractivity contribution in [3.05, 3.63) is 46.5 Å². The van der Waals surface area contributed by atoms with Gasteiger partial charge in [0.25, 0.3) is 0 Å². The van der Waals surface area contributed by atoms with Crippen LogP contribution in [-0.2, 0) is 38.2 Å². The summed E-state index contributed by atoms with van der Waals surface area (Å²) in [5.41, 5.74) is -5.68. The molecule has 0 spiro atoms. The number of phenols is 2. The lowest BCUT2D eigenvalue weighted by Gasteiger charge is -2.46. The number of aliphatic hydroxyl groups is 3. The Hall–Kier alpha value is -5.57. The van der Waals surface area contributed by atoms with Crippen LogP contribution in [-0.4, -0.2) is 91.6 Å². The Bertz CT molecular complexity index is 1900. The molecule has 2 heterocycles. The first-order chi connectivity index (χ1) is 23.2. The zero-order valence-corrected chi connectivity index (χ0v) is 26.5. The van der Waals surface area contributed by atoms with Crippen molar-refractivity contribution < 1.29 is 73.2 Å². The maximum atomic E-state index is 13.3. The fourth-order valence-electron chi connectivity index (χ4n) is 7.11. The second kappa shape index (κ2) is 11.8. The van der Waals surface area contributed by atoms with Gasteiger partial charge in [0.15, 0.2) is 11.6 Å². The maximum Gasteiger partial charge on any atom is 0.303 e. The summed E-state index contributed by atoms with van der Waals surface area (Å²) in [6.45, 7) is 1.82. The van der Waals surface area contributed by atoms with Gasteiger partial charge in [-0.05, 0) is 37.1 Å². The normalized spacial score (nSPS) is 25.6.